The summed E-state index contributed by atoms with van der Waals surface area (Å²) in [5.74, 6) is -1.01. The van der Waals surface area contributed by atoms with E-state index in [2.05, 4.69) is 19.2 Å². The van der Waals surface area contributed by atoms with Crippen LogP contribution in [0.25, 0.3) is 0 Å². The molecular weight excluding hydrogens is 516 g/mol. The fourth-order valence-electron chi connectivity index (χ4n) is 4.45. The van der Waals surface area contributed by atoms with Crippen molar-refractivity contribution in [3.05, 3.63) is 101 Å². The molecule has 3 aromatic rings. The lowest BCUT2D eigenvalue weighted by Crippen LogP contribution is -2.50. The van der Waals surface area contributed by atoms with Gasteiger partial charge in [-0.3, -0.25) is 9.59 Å². The van der Waals surface area contributed by atoms with E-state index in [9.17, 15) is 19.5 Å². The van der Waals surface area contributed by atoms with E-state index in [0.29, 0.717) is 35.8 Å². The van der Waals surface area contributed by atoms with E-state index >= 15 is 0 Å². The van der Waals surface area contributed by atoms with Gasteiger partial charge >= 0.3 is 5.97 Å². The number of nitrogens with zero attached hydrogens (tertiary/aromatic N) is 1. The highest BCUT2D eigenvalue weighted by Crippen LogP contribution is 2.26. The zero-order valence-electron chi connectivity index (χ0n) is 24.9. The van der Waals surface area contributed by atoms with E-state index in [0.717, 1.165) is 11.1 Å². The second-order valence-electron chi connectivity index (χ2n) is 11.8. The highest BCUT2D eigenvalue weighted by molar-refractivity contribution is 5.98. The molecule has 0 radical (unpaired) electrons. The Morgan fingerprint density at radius 3 is 2.05 bits per heavy atom. The molecule has 0 heterocycles. The minimum absolute atomic E-state index is 0.0796. The monoisotopic (exact) mass is 558 g/mol. The molecule has 0 bridgehead atoms. The van der Waals surface area contributed by atoms with Crippen molar-refractivity contribution < 1.29 is 24.2 Å². The van der Waals surface area contributed by atoms with Crippen molar-refractivity contribution in [2.75, 3.05) is 6.54 Å². The Morgan fingerprint density at radius 1 is 0.902 bits per heavy atom. The second kappa shape index (κ2) is 14.0. The third-order valence-electron chi connectivity index (χ3n) is 6.58. The number of carboxylic acids is 1. The SMILES string of the molecule is Cc1ccc(C(=O)N(CCC(C)C)C(C(=O)NC(Cc2ccc(OC(C)(C)C)cc2)C(=O)O)c2ccccc2)cc1. The molecule has 3 aromatic carbocycles. The smallest absolute Gasteiger partial charge is 0.326 e. The molecule has 0 aliphatic heterocycles. The summed E-state index contributed by atoms with van der Waals surface area (Å²) < 4.78 is 5.86. The Bertz CT molecular complexity index is 1300. The number of benzene rings is 3. The quantitative estimate of drug-likeness (QED) is 0.275. The van der Waals surface area contributed by atoms with Crippen LogP contribution in [0.15, 0.2) is 78.9 Å². The van der Waals surface area contributed by atoms with Gasteiger partial charge in [-0.15, -0.1) is 0 Å². The van der Waals surface area contributed by atoms with Crippen molar-refractivity contribution in [1.82, 2.24) is 10.2 Å². The van der Waals surface area contributed by atoms with Gasteiger partial charge in [0.15, 0.2) is 0 Å². The molecule has 0 saturated carbocycles. The van der Waals surface area contributed by atoms with Crippen LogP contribution in [-0.2, 0) is 16.0 Å². The van der Waals surface area contributed by atoms with Crippen molar-refractivity contribution in [2.45, 2.75) is 72.1 Å². The van der Waals surface area contributed by atoms with E-state index in [1.54, 1.807) is 53.4 Å². The van der Waals surface area contributed by atoms with Gasteiger partial charge in [0, 0.05) is 18.5 Å². The van der Waals surface area contributed by atoms with Gasteiger partial charge in [-0.05, 0) is 75.4 Å². The number of amides is 2. The van der Waals surface area contributed by atoms with E-state index in [-0.39, 0.29) is 17.9 Å². The molecule has 2 amide bonds. The number of aryl methyl sites for hydroxylation is 1. The molecular formula is C34H42N2O5. The molecule has 7 nitrogen and oxygen atoms in total. The lowest BCUT2D eigenvalue weighted by atomic mass is 9.99. The number of carbonyl (C=O) groups is 3. The summed E-state index contributed by atoms with van der Waals surface area (Å²) in [6.07, 6.45) is 0.760. The molecule has 41 heavy (non-hydrogen) atoms. The molecule has 218 valence electrons. The lowest BCUT2D eigenvalue weighted by Gasteiger charge is -2.33. The highest BCUT2D eigenvalue weighted by atomic mass is 16.5. The van der Waals surface area contributed by atoms with Gasteiger partial charge in [0.05, 0.1) is 0 Å². The number of carbonyl (C=O) groups excluding carboxylic acids is 2. The van der Waals surface area contributed by atoms with Gasteiger partial charge in [0.1, 0.15) is 23.4 Å². The van der Waals surface area contributed by atoms with Crippen LogP contribution in [0, 0.1) is 12.8 Å². The predicted molar refractivity (Wildman–Crippen MR) is 161 cm³/mol. The van der Waals surface area contributed by atoms with Crippen LogP contribution < -0.4 is 10.1 Å². The molecule has 0 spiro atoms. The van der Waals surface area contributed by atoms with Crippen molar-refractivity contribution in [3.8, 4) is 5.75 Å². The average Bonchev–Trinajstić information content (AvgIpc) is 2.91. The topological polar surface area (TPSA) is 95.9 Å². The van der Waals surface area contributed by atoms with E-state index < -0.39 is 24.0 Å². The Morgan fingerprint density at radius 2 is 1.51 bits per heavy atom. The maximum atomic E-state index is 13.9. The first-order valence-electron chi connectivity index (χ1n) is 14.1. The van der Waals surface area contributed by atoms with Gasteiger partial charge in [-0.1, -0.05) is 74.0 Å². The number of hydrogen-bond donors (Lipinski definition) is 2. The molecule has 3 rings (SSSR count). The van der Waals surface area contributed by atoms with Gasteiger partial charge in [0.25, 0.3) is 5.91 Å². The number of rotatable bonds is 12. The molecule has 0 saturated heterocycles. The van der Waals surface area contributed by atoms with Crippen LogP contribution in [0.1, 0.15) is 74.1 Å². The van der Waals surface area contributed by atoms with Crippen LogP contribution >= 0.6 is 0 Å². The summed E-state index contributed by atoms with van der Waals surface area (Å²) in [4.78, 5) is 41.7. The van der Waals surface area contributed by atoms with E-state index in [4.69, 9.17) is 4.74 Å². The first-order chi connectivity index (χ1) is 19.3. The minimum atomic E-state index is -1.19. The number of ether oxygens (including phenoxy) is 1. The molecule has 0 aliphatic rings. The lowest BCUT2D eigenvalue weighted by molar-refractivity contribution is -0.142. The Kier molecular flexibility index (Phi) is 10.7. The fourth-order valence-corrected chi connectivity index (χ4v) is 4.45. The van der Waals surface area contributed by atoms with Crippen molar-refractivity contribution >= 4 is 17.8 Å². The van der Waals surface area contributed by atoms with Crippen molar-refractivity contribution in [3.63, 3.8) is 0 Å². The first kappa shape index (κ1) is 31.4. The largest absolute Gasteiger partial charge is 0.488 e. The third-order valence-corrected chi connectivity index (χ3v) is 6.58. The zero-order chi connectivity index (χ0) is 30.2. The van der Waals surface area contributed by atoms with Gasteiger partial charge < -0.3 is 20.1 Å². The van der Waals surface area contributed by atoms with Crippen molar-refractivity contribution in [2.24, 2.45) is 5.92 Å². The molecule has 0 fully saturated rings. The van der Waals surface area contributed by atoms with Gasteiger partial charge in [0.2, 0.25) is 5.91 Å². The average molecular weight is 559 g/mol. The summed E-state index contributed by atoms with van der Waals surface area (Å²) in [5, 5.41) is 12.8. The number of nitrogens with one attached hydrogen (secondary N) is 1. The van der Waals surface area contributed by atoms with Crippen LogP contribution in [0.2, 0.25) is 0 Å². The number of hydrogen-bond acceptors (Lipinski definition) is 4. The summed E-state index contributed by atoms with van der Waals surface area (Å²) >= 11 is 0. The molecule has 2 N–H and O–H groups in total. The molecule has 0 aliphatic carbocycles. The minimum Gasteiger partial charge on any atom is -0.488 e. The maximum Gasteiger partial charge on any atom is 0.326 e. The normalized spacial score (nSPS) is 12.9. The highest BCUT2D eigenvalue weighted by Gasteiger charge is 2.34. The summed E-state index contributed by atoms with van der Waals surface area (Å²) in [6.45, 7) is 12.3. The Labute approximate surface area is 243 Å². The van der Waals surface area contributed by atoms with Crippen LogP contribution in [0.3, 0.4) is 0 Å². The van der Waals surface area contributed by atoms with Crippen LogP contribution in [-0.4, -0.2) is 46.0 Å². The van der Waals surface area contributed by atoms with Crippen molar-refractivity contribution in [1.29, 1.82) is 0 Å². The standard InChI is InChI=1S/C34H42N2O5/c1-23(2)20-21-36(32(38)27-16-12-24(3)13-17-27)30(26-10-8-7-9-11-26)31(37)35-29(33(39)40)22-25-14-18-28(19-15-25)41-34(4,5)6/h7-19,23,29-30H,20-22H2,1-6H3,(H,35,37)(H,39,40). The predicted octanol–water partition coefficient (Wildman–Crippen LogP) is 6.21. The summed E-state index contributed by atoms with van der Waals surface area (Å²) in [5.41, 5.74) is 2.49. The Hall–Kier alpha value is -4.13. The first-order valence-corrected chi connectivity index (χ1v) is 14.1. The molecule has 2 atom stereocenters. The number of aliphatic carboxylic acids is 1. The van der Waals surface area contributed by atoms with Gasteiger partial charge in [-0.25, -0.2) is 4.79 Å². The van der Waals surface area contributed by atoms with Crippen LogP contribution in [0.5, 0.6) is 5.75 Å². The Balaban J connectivity index is 1.92. The fraction of sp³-hybridized carbons (Fsp3) is 0.382. The second-order valence-corrected chi connectivity index (χ2v) is 11.8. The summed E-state index contributed by atoms with van der Waals surface area (Å²) in [6, 6.07) is 21.3. The maximum absolute atomic E-state index is 13.9. The number of carboxylic acid groups (broad SMARTS) is 1. The summed E-state index contributed by atoms with van der Waals surface area (Å²) in [7, 11) is 0. The third kappa shape index (κ3) is 9.48. The molecule has 2 unspecified atom stereocenters. The van der Waals surface area contributed by atoms with Crippen LogP contribution in [0.4, 0.5) is 0 Å². The zero-order valence-corrected chi connectivity index (χ0v) is 24.9. The van der Waals surface area contributed by atoms with Gasteiger partial charge in [-0.2, -0.15) is 0 Å². The van der Waals surface area contributed by atoms with E-state index in [1.807, 2.05) is 58.0 Å². The van der Waals surface area contributed by atoms with E-state index in [1.165, 1.54) is 0 Å². The molecule has 7 heteroatoms. The molecule has 0 aromatic heterocycles.